The molecule has 0 saturated heterocycles. The maximum atomic E-state index is 12.8. The summed E-state index contributed by atoms with van der Waals surface area (Å²) >= 11 is 0. The van der Waals surface area contributed by atoms with Crippen LogP contribution in [0, 0.1) is 0 Å². The zero-order valence-corrected chi connectivity index (χ0v) is 41.5. The van der Waals surface area contributed by atoms with Crippen LogP contribution in [0.25, 0.3) is 0 Å². The molecule has 0 aromatic carbocycles. The molecule has 0 fully saturated rings. The Labute approximate surface area is 394 Å². The van der Waals surface area contributed by atoms with E-state index in [0.29, 0.717) is 12.8 Å². The van der Waals surface area contributed by atoms with Crippen LogP contribution in [0.15, 0.2) is 97.2 Å². The Morgan fingerprint density at radius 3 is 1.05 bits per heavy atom. The third-order valence-corrected chi connectivity index (χ3v) is 10.8. The molecule has 1 unspecified atom stereocenters. The molecule has 0 aliphatic heterocycles. The lowest BCUT2D eigenvalue weighted by Crippen LogP contribution is -2.30. The van der Waals surface area contributed by atoms with E-state index in [2.05, 4.69) is 112 Å². The highest BCUT2D eigenvalue weighted by Gasteiger charge is 2.19. The van der Waals surface area contributed by atoms with Crippen LogP contribution in [-0.4, -0.2) is 37.2 Å². The Morgan fingerprint density at radius 1 is 0.328 bits per heavy atom. The number of rotatable bonds is 46. The van der Waals surface area contributed by atoms with Crippen molar-refractivity contribution >= 4 is 17.9 Å². The van der Waals surface area contributed by atoms with Crippen molar-refractivity contribution in [3.05, 3.63) is 97.2 Å². The molecule has 0 aliphatic carbocycles. The van der Waals surface area contributed by atoms with Gasteiger partial charge in [-0.2, -0.15) is 0 Å². The average molecular weight is 889 g/mol. The zero-order valence-electron chi connectivity index (χ0n) is 41.5. The van der Waals surface area contributed by atoms with Gasteiger partial charge in [0.2, 0.25) is 0 Å². The van der Waals surface area contributed by atoms with Gasteiger partial charge in [-0.15, -0.1) is 0 Å². The SMILES string of the molecule is CC/C=C\C/C=C\C/C=C\CCCCCCCCCCCC(=O)OCC(COC(=O)CC/C=C\C/C=C\CCCCCCCC)OC(=O)CCCCCC/C=C\C/C=C\C/C=C\CC. The summed E-state index contributed by atoms with van der Waals surface area (Å²) in [5.41, 5.74) is 0. The van der Waals surface area contributed by atoms with Crippen molar-refractivity contribution in [1.29, 1.82) is 0 Å². The van der Waals surface area contributed by atoms with Crippen molar-refractivity contribution in [2.24, 2.45) is 0 Å². The summed E-state index contributed by atoms with van der Waals surface area (Å²) in [5.74, 6) is -1.01. The largest absolute Gasteiger partial charge is 0.462 e. The van der Waals surface area contributed by atoms with Crippen molar-refractivity contribution in [3.8, 4) is 0 Å². The van der Waals surface area contributed by atoms with Crippen LogP contribution >= 0.6 is 0 Å². The van der Waals surface area contributed by atoms with Crippen molar-refractivity contribution in [2.45, 2.75) is 239 Å². The number of carbonyl (C=O) groups excluding carboxylic acids is 3. The van der Waals surface area contributed by atoms with Gasteiger partial charge in [-0.1, -0.05) is 208 Å². The van der Waals surface area contributed by atoms with Gasteiger partial charge in [-0.3, -0.25) is 14.4 Å². The molecular formula is C58H96O6. The smallest absolute Gasteiger partial charge is 0.306 e. The fourth-order valence-electron chi connectivity index (χ4n) is 6.93. The van der Waals surface area contributed by atoms with Crippen molar-refractivity contribution in [2.75, 3.05) is 13.2 Å². The van der Waals surface area contributed by atoms with Gasteiger partial charge in [0.15, 0.2) is 6.10 Å². The van der Waals surface area contributed by atoms with Crippen LogP contribution in [0.5, 0.6) is 0 Å². The number of hydrogen-bond donors (Lipinski definition) is 0. The molecule has 0 aromatic rings. The lowest BCUT2D eigenvalue weighted by Gasteiger charge is -2.18. The van der Waals surface area contributed by atoms with E-state index >= 15 is 0 Å². The fraction of sp³-hybridized carbons (Fsp3) is 0.672. The van der Waals surface area contributed by atoms with Gasteiger partial charge in [0.05, 0.1) is 0 Å². The number of unbranched alkanes of at least 4 members (excludes halogenated alkanes) is 19. The number of allylic oxidation sites excluding steroid dienone is 16. The molecule has 0 radical (unpaired) electrons. The van der Waals surface area contributed by atoms with E-state index in [9.17, 15) is 14.4 Å². The minimum absolute atomic E-state index is 0.108. The van der Waals surface area contributed by atoms with Gasteiger partial charge in [0.1, 0.15) is 13.2 Å². The molecule has 64 heavy (non-hydrogen) atoms. The molecule has 0 aliphatic rings. The quantitative estimate of drug-likeness (QED) is 0.0262. The molecule has 0 bridgehead atoms. The van der Waals surface area contributed by atoms with Gasteiger partial charge in [-0.05, 0) is 103 Å². The van der Waals surface area contributed by atoms with Crippen LogP contribution in [0.4, 0.5) is 0 Å². The van der Waals surface area contributed by atoms with Crippen molar-refractivity contribution in [1.82, 2.24) is 0 Å². The molecule has 0 aromatic heterocycles. The molecular weight excluding hydrogens is 793 g/mol. The van der Waals surface area contributed by atoms with Gasteiger partial charge >= 0.3 is 17.9 Å². The number of ether oxygens (including phenoxy) is 3. The predicted molar refractivity (Wildman–Crippen MR) is 274 cm³/mol. The molecule has 0 rings (SSSR count). The summed E-state index contributed by atoms with van der Waals surface area (Å²) < 4.78 is 16.7. The average Bonchev–Trinajstić information content (AvgIpc) is 3.29. The Morgan fingerprint density at radius 2 is 0.641 bits per heavy atom. The number of carbonyl (C=O) groups is 3. The molecule has 0 heterocycles. The maximum Gasteiger partial charge on any atom is 0.306 e. The second kappa shape index (κ2) is 52.0. The van der Waals surface area contributed by atoms with E-state index < -0.39 is 6.10 Å². The van der Waals surface area contributed by atoms with E-state index in [1.165, 1.54) is 83.5 Å². The van der Waals surface area contributed by atoms with E-state index in [1.54, 1.807) is 0 Å². The van der Waals surface area contributed by atoms with Gasteiger partial charge in [0.25, 0.3) is 0 Å². The first-order valence-electron chi connectivity index (χ1n) is 26.2. The van der Waals surface area contributed by atoms with Crippen LogP contribution < -0.4 is 0 Å². The van der Waals surface area contributed by atoms with Gasteiger partial charge in [-0.25, -0.2) is 0 Å². The summed E-state index contributed by atoms with van der Waals surface area (Å²) in [6.07, 6.45) is 68.3. The first-order valence-corrected chi connectivity index (χ1v) is 26.2. The van der Waals surface area contributed by atoms with Gasteiger partial charge < -0.3 is 14.2 Å². The first kappa shape index (κ1) is 60.3. The maximum absolute atomic E-state index is 12.8. The Kier molecular flexibility index (Phi) is 49.0. The highest BCUT2D eigenvalue weighted by Crippen LogP contribution is 2.14. The van der Waals surface area contributed by atoms with Crippen LogP contribution in [0.3, 0.4) is 0 Å². The Balaban J connectivity index is 4.45. The normalized spacial score (nSPS) is 12.9. The molecule has 0 N–H and O–H groups in total. The molecule has 0 saturated carbocycles. The number of hydrogen-bond acceptors (Lipinski definition) is 6. The second-order valence-corrected chi connectivity index (χ2v) is 17.0. The molecule has 6 nitrogen and oxygen atoms in total. The lowest BCUT2D eigenvalue weighted by atomic mass is 10.1. The highest BCUT2D eigenvalue weighted by atomic mass is 16.6. The molecule has 0 spiro atoms. The minimum atomic E-state index is -0.814. The molecule has 364 valence electrons. The van der Waals surface area contributed by atoms with Crippen LogP contribution in [0.1, 0.15) is 233 Å². The molecule has 0 amide bonds. The monoisotopic (exact) mass is 889 g/mol. The predicted octanol–water partition coefficient (Wildman–Crippen LogP) is 17.4. The van der Waals surface area contributed by atoms with E-state index in [4.69, 9.17) is 14.2 Å². The third-order valence-electron chi connectivity index (χ3n) is 10.8. The molecule has 6 heteroatoms. The Hall–Kier alpha value is -3.67. The standard InChI is InChI=1S/C58H96O6/c1-4-7-10-13-16-19-22-25-27-28-29-30-31-34-36-39-42-45-48-51-57(60)63-54-55(53-62-56(59)50-47-44-41-38-35-32-24-21-18-15-12-9-6-3)64-58(61)52-49-46-43-40-37-33-26-23-20-17-14-11-8-5-2/h7-8,10-11,16-17,19-20,25-27,32-33,35,41,44,55H,4-6,9,12-15,18,21-24,28-31,34,36-40,42-43,45-54H2,1-3H3/b10-7-,11-8-,19-16-,20-17-,27-25-,33-26-,35-32-,44-41-. The van der Waals surface area contributed by atoms with E-state index in [-0.39, 0.29) is 44.0 Å². The van der Waals surface area contributed by atoms with E-state index in [1.807, 2.05) is 6.08 Å². The summed E-state index contributed by atoms with van der Waals surface area (Å²) in [5, 5.41) is 0. The highest BCUT2D eigenvalue weighted by molar-refractivity contribution is 5.71. The third kappa shape index (κ3) is 49.3. The van der Waals surface area contributed by atoms with Crippen LogP contribution in [-0.2, 0) is 28.6 Å². The number of esters is 3. The fourth-order valence-corrected chi connectivity index (χ4v) is 6.93. The van der Waals surface area contributed by atoms with Gasteiger partial charge in [0, 0.05) is 19.3 Å². The first-order chi connectivity index (χ1) is 31.5. The summed E-state index contributed by atoms with van der Waals surface area (Å²) in [6.45, 7) is 6.32. The van der Waals surface area contributed by atoms with Crippen molar-refractivity contribution in [3.63, 3.8) is 0 Å². The Bertz CT molecular complexity index is 1300. The minimum Gasteiger partial charge on any atom is -0.462 e. The topological polar surface area (TPSA) is 78.9 Å². The second-order valence-electron chi connectivity index (χ2n) is 17.0. The summed E-state index contributed by atoms with van der Waals surface area (Å²) in [4.78, 5) is 38.0. The summed E-state index contributed by atoms with van der Waals surface area (Å²) in [7, 11) is 0. The van der Waals surface area contributed by atoms with E-state index in [0.717, 1.165) is 103 Å². The lowest BCUT2D eigenvalue weighted by molar-refractivity contribution is -0.166. The zero-order chi connectivity index (χ0) is 46.5. The van der Waals surface area contributed by atoms with Crippen molar-refractivity contribution < 1.29 is 28.6 Å². The summed E-state index contributed by atoms with van der Waals surface area (Å²) in [6, 6.07) is 0. The molecule has 1 atom stereocenters. The van der Waals surface area contributed by atoms with Crippen LogP contribution in [0.2, 0.25) is 0 Å².